The Hall–Kier alpha value is -1.21. The van der Waals surface area contributed by atoms with Crippen molar-refractivity contribution in [2.45, 2.75) is 12.5 Å². The summed E-state index contributed by atoms with van der Waals surface area (Å²) < 4.78 is 5.90. The van der Waals surface area contributed by atoms with Gasteiger partial charge in [0.15, 0.2) is 0 Å². The number of hydrogen-bond acceptors (Lipinski definition) is 6. The van der Waals surface area contributed by atoms with Crippen molar-refractivity contribution in [3.63, 3.8) is 0 Å². The van der Waals surface area contributed by atoms with Gasteiger partial charge in [0.25, 0.3) is 5.89 Å². The average molecular weight is 300 g/mol. The lowest BCUT2D eigenvalue weighted by molar-refractivity contribution is 0.0599. The fourth-order valence-electron chi connectivity index (χ4n) is 1.35. The van der Waals surface area contributed by atoms with Gasteiger partial charge in [0.05, 0.1) is 4.88 Å². The molecular weight excluding hydrogens is 294 g/mol. The summed E-state index contributed by atoms with van der Waals surface area (Å²) >= 11 is 4.83. The fourth-order valence-corrected chi connectivity index (χ4v) is 2.38. The lowest BCUT2D eigenvalue weighted by Gasteiger charge is -1.98. The summed E-state index contributed by atoms with van der Waals surface area (Å²) in [4.78, 5) is 10.4. The molecule has 3 heterocycles. The molecule has 3 rings (SSSR count). The van der Waals surface area contributed by atoms with Crippen LogP contribution < -0.4 is 0 Å². The fraction of sp³-hybridized carbons (Fsp3) is 0.222. The van der Waals surface area contributed by atoms with Gasteiger partial charge >= 0.3 is 0 Å². The van der Waals surface area contributed by atoms with E-state index in [-0.39, 0.29) is 6.10 Å². The largest absolute Gasteiger partial charge is 0.381 e. The molecule has 2 aromatic rings. The van der Waals surface area contributed by atoms with Crippen molar-refractivity contribution < 1.29 is 9.36 Å². The molecule has 0 spiro atoms. The zero-order valence-corrected chi connectivity index (χ0v) is 10.4. The maximum atomic E-state index is 5.15. The minimum Gasteiger partial charge on any atom is -0.381 e. The number of oxime groups is 1. The SMILES string of the molecule is BrC1=NOC(c2nc(-c3cccs3)no2)C1. The second-order valence-corrected chi connectivity index (χ2v) is 5.06. The first-order valence-electron chi connectivity index (χ1n) is 4.58. The van der Waals surface area contributed by atoms with Crippen LogP contribution in [0, 0.1) is 0 Å². The number of rotatable bonds is 2. The standard InChI is InChI=1S/C9H6BrN3O2S/c10-7-4-5(14-12-7)9-11-8(13-15-9)6-2-1-3-16-6/h1-3,5H,4H2. The predicted octanol–water partition coefficient (Wildman–Crippen LogP) is 2.97. The third kappa shape index (κ3) is 1.76. The summed E-state index contributed by atoms with van der Waals surface area (Å²) in [7, 11) is 0. The second kappa shape index (κ2) is 3.99. The number of halogens is 1. The number of thiophene rings is 1. The van der Waals surface area contributed by atoms with Crippen LogP contribution in [0.4, 0.5) is 0 Å². The molecule has 2 aromatic heterocycles. The van der Waals surface area contributed by atoms with E-state index < -0.39 is 0 Å². The van der Waals surface area contributed by atoms with Crippen molar-refractivity contribution in [3.05, 3.63) is 23.4 Å². The van der Waals surface area contributed by atoms with Crippen molar-refractivity contribution in [2.75, 3.05) is 0 Å². The Morgan fingerprint density at radius 2 is 2.44 bits per heavy atom. The lowest BCUT2D eigenvalue weighted by atomic mass is 10.3. The van der Waals surface area contributed by atoms with Crippen LogP contribution in [0.1, 0.15) is 18.4 Å². The third-order valence-electron chi connectivity index (χ3n) is 2.09. The van der Waals surface area contributed by atoms with Gasteiger partial charge in [-0.25, -0.2) is 0 Å². The van der Waals surface area contributed by atoms with Crippen molar-refractivity contribution >= 4 is 31.9 Å². The first-order valence-corrected chi connectivity index (χ1v) is 6.26. The highest BCUT2D eigenvalue weighted by atomic mass is 79.9. The highest BCUT2D eigenvalue weighted by Crippen LogP contribution is 2.30. The van der Waals surface area contributed by atoms with Crippen LogP contribution in [0.5, 0.6) is 0 Å². The molecule has 0 aromatic carbocycles. The monoisotopic (exact) mass is 299 g/mol. The highest BCUT2D eigenvalue weighted by Gasteiger charge is 2.27. The van der Waals surface area contributed by atoms with E-state index in [4.69, 9.17) is 9.36 Å². The molecule has 1 aliphatic heterocycles. The molecule has 16 heavy (non-hydrogen) atoms. The van der Waals surface area contributed by atoms with Crippen molar-refractivity contribution in [3.8, 4) is 10.7 Å². The molecule has 1 aliphatic rings. The summed E-state index contributed by atoms with van der Waals surface area (Å²) in [5, 5.41) is 9.65. The summed E-state index contributed by atoms with van der Waals surface area (Å²) in [6, 6.07) is 3.89. The molecule has 7 heteroatoms. The molecule has 0 aliphatic carbocycles. The summed E-state index contributed by atoms with van der Waals surface area (Å²) in [6.45, 7) is 0. The Bertz CT molecular complexity index is 523. The maximum absolute atomic E-state index is 5.15. The van der Waals surface area contributed by atoms with Gasteiger partial charge in [-0.2, -0.15) is 4.98 Å². The number of nitrogens with zero attached hydrogens (tertiary/aromatic N) is 3. The minimum atomic E-state index is -0.268. The summed E-state index contributed by atoms with van der Waals surface area (Å²) in [5.74, 6) is 1.05. The quantitative estimate of drug-likeness (QED) is 0.855. The maximum Gasteiger partial charge on any atom is 0.271 e. The van der Waals surface area contributed by atoms with Gasteiger partial charge in [-0.1, -0.05) is 16.4 Å². The molecule has 0 radical (unpaired) electrons. The van der Waals surface area contributed by atoms with E-state index in [0.717, 1.165) is 9.50 Å². The van der Waals surface area contributed by atoms with Crippen LogP contribution in [0.25, 0.3) is 10.7 Å². The molecule has 1 atom stereocenters. The Balaban J connectivity index is 1.84. The first-order chi connectivity index (χ1) is 7.83. The highest BCUT2D eigenvalue weighted by molar-refractivity contribution is 9.18. The first kappa shape index (κ1) is 9.98. The second-order valence-electron chi connectivity index (χ2n) is 3.20. The topological polar surface area (TPSA) is 60.5 Å². The molecule has 0 saturated heterocycles. The summed E-state index contributed by atoms with van der Waals surface area (Å²) in [6.07, 6.45) is 0.363. The van der Waals surface area contributed by atoms with Crippen LogP contribution in [-0.2, 0) is 4.84 Å². The Labute approximate surface area is 103 Å². The minimum absolute atomic E-state index is 0.268. The van der Waals surface area contributed by atoms with Crippen LogP contribution >= 0.6 is 27.3 Å². The van der Waals surface area contributed by atoms with Crippen LogP contribution in [0.15, 0.2) is 27.2 Å². The van der Waals surface area contributed by atoms with Gasteiger partial charge < -0.3 is 9.36 Å². The molecule has 0 saturated carbocycles. The number of hydrogen-bond donors (Lipinski definition) is 0. The molecule has 0 N–H and O–H groups in total. The zero-order chi connectivity index (χ0) is 11.0. The molecule has 0 bridgehead atoms. The van der Waals surface area contributed by atoms with Crippen molar-refractivity contribution in [1.29, 1.82) is 0 Å². The van der Waals surface area contributed by atoms with Gasteiger partial charge in [-0.05, 0) is 27.4 Å². The Kier molecular flexibility index (Phi) is 2.49. The van der Waals surface area contributed by atoms with E-state index >= 15 is 0 Å². The smallest absolute Gasteiger partial charge is 0.271 e. The average Bonchev–Trinajstić information content (AvgIpc) is 2.97. The zero-order valence-electron chi connectivity index (χ0n) is 7.96. The molecule has 5 nitrogen and oxygen atoms in total. The van der Waals surface area contributed by atoms with Crippen LogP contribution in [0.3, 0.4) is 0 Å². The van der Waals surface area contributed by atoms with Gasteiger partial charge in [0.2, 0.25) is 11.9 Å². The van der Waals surface area contributed by atoms with E-state index in [0.29, 0.717) is 18.1 Å². The van der Waals surface area contributed by atoms with Crippen molar-refractivity contribution in [2.24, 2.45) is 5.16 Å². The van der Waals surface area contributed by atoms with Gasteiger partial charge in [-0.15, -0.1) is 11.3 Å². The van der Waals surface area contributed by atoms with E-state index in [1.54, 1.807) is 11.3 Å². The molecule has 0 fully saturated rings. The van der Waals surface area contributed by atoms with Gasteiger partial charge in [0, 0.05) is 6.42 Å². The van der Waals surface area contributed by atoms with Crippen LogP contribution in [0.2, 0.25) is 0 Å². The molecule has 0 amide bonds. The number of aromatic nitrogens is 2. The molecule has 82 valence electrons. The van der Waals surface area contributed by atoms with Gasteiger partial charge in [-0.3, -0.25) is 0 Å². The molecular formula is C9H6BrN3O2S. The third-order valence-corrected chi connectivity index (χ3v) is 3.43. The Morgan fingerprint density at radius 1 is 1.50 bits per heavy atom. The van der Waals surface area contributed by atoms with E-state index in [1.165, 1.54) is 0 Å². The normalized spacial score (nSPS) is 19.6. The lowest BCUT2D eigenvalue weighted by Crippen LogP contribution is -1.96. The van der Waals surface area contributed by atoms with Gasteiger partial charge in [0.1, 0.15) is 4.62 Å². The van der Waals surface area contributed by atoms with E-state index in [1.807, 2.05) is 17.5 Å². The molecule has 1 unspecified atom stereocenters. The van der Waals surface area contributed by atoms with Crippen LogP contribution in [-0.4, -0.2) is 14.8 Å². The summed E-state index contributed by atoms with van der Waals surface area (Å²) in [5.41, 5.74) is 0. The van der Waals surface area contributed by atoms with Crippen molar-refractivity contribution in [1.82, 2.24) is 10.1 Å². The van der Waals surface area contributed by atoms with E-state index in [2.05, 4.69) is 31.2 Å². The Morgan fingerprint density at radius 3 is 3.12 bits per heavy atom. The predicted molar refractivity (Wildman–Crippen MR) is 62.4 cm³/mol. The van der Waals surface area contributed by atoms with E-state index in [9.17, 15) is 0 Å².